The maximum Gasteiger partial charge on any atom is 0.276 e. The van der Waals surface area contributed by atoms with Gasteiger partial charge in [0.1, 0.15) is 5.76 Å². The first kappa shape index (κ1) is 18.5. The summed E-state index contributed by atoms with van der Waals surface area (Å²) in [6.45, 7) is 2.97. The molecule has 1 aromatic carbocycles. The third-order valence-corrected chi connectivity index (χ3v) is 4.80. The van der Waals surface area contributed by atoms with Gasteiger partial charge in [-0.2, -0.15) is 0 Å². The minimum atomic E-state index is -0.116. The Morgan fingerprint density at radius 1 is 1.27 bits per heavy atom. The lowest BCUT2D eigenvalue weighted by Crippen LogP contribution is -2.46. The Labute approximate surface area is 157 Å². The SMILES string of the molecule is Cc1cc(C(=O)N2CCC(NC(=O)CCc3ccc(Cl)cc3)CC2)no1. The predicted octanol–water partition coefficient (Wildman–Crippen LogP) is 2.99. The highest BCUT2D eigenvalue weighted by molar-refractivity contribution is 6.30. The molecule has 2 aromatic rings. The van der Waals surface area contributed by atoms with Gasteiger partial charge in [0.15, 0.2) is 5.69 Å². The summed E-state index contributed by atoms with van der Waals surface area (Å²) in [6, 6.07) is 9.29. The van der Waals surface area contributed by atoms with E-state index >= 15 is 0 Å². The van der Waals surface area contributed by atoms with Crippen LogP contribution in [0.4, 0.5) is 0 Å². The Bertz CT molecular complexity index is 765. The molecule has 0 atom stereocenters. The number of hydrogen-bond acceptors (Lipinski definition) is 4. The summed E-state index contributed by atoms with van der Waals surface area (Å²) in [4.78, 5) is 26.2. The number of nitrogens with zero attached hydrogens (tertiary/aromatic N) is 2. The molecule has 0 bridgehead atoms. The molecule has 1 aromatic heterocycles. The molecular weight excluding hydrogens is 354 g/mol. The fourth-order valence-electron chi connectivity index (χ4n) is 3.06. The molecule has 1 aliphatic rings. The van der Waals surface area contributed by atoms with Gasteiger partial charge in [0, 0.05) is 36.6 Å². The minimum absolute atomic E-state index is 0.0388. The molecule has 0 spiro atoms. The number of likely N-dealkylation sites (tertiary alicyclic amines) is 1. The van der Waals surface area contributed by atoms with Gasteiger partial charge in [-0.05, 0) is 43.9 Å². The van der Waals surface area contributed by atoms with Crippen molar-refractivity contribution in [1.82, 2.24) is 15.4 Å². The molecule has 0 unspecified atom stereocenters. The smallest absolute Gasteiger partial charge is 0.276 e. The Morgan fingerprint density at radius 3 is 2.58 bits per heavy atom. The van der Waals surface area contributed by atoms with Crippen molar-refractivity contribution in [2.24, 2.45) is 0 Å². The van der Waals surface area contributed by atoms with Crippen molar-refractivity contribution in [2.75, 3.05) is 13.1 Å². The molecule has 26 heavy (non-hydrogen) atoms. The Kier molecular flexibility index (Phi) is 5.93. The van der Waals surface area contributed by atoms with Crippen molar-refractivity contribution >= 4 is 23.4 Å². The number of rotatable bonds is 5. The van der Waals surface area contributed by atoms with Crippen molar-refractivity contribution in [2.45, 2.75) is 38.6 Å². The number of hydrogen-bond donors (Lipinski definition) is 1. The molecule has 0 radical (unpaired) electrons. The Hall–Kier alpha value is -2.34. The highest BCUT2D eigenvalue weighted by Crippen LogP contribution is 2.15. The monoisotopic (exact) mass is 375 g/mol. The van der Waals surface area contributed by atoms with Crippen molar-refractivity contribution < 1.29 is 14.1 Å². The molecule has 2 amide bonds. The standard InChI is InChI=1S/C19H22ClN3O3/c1-13-12-17(22-26-13)19(25)23-10-8-16(9-11-23)21-18(24)7-4-14-2-5-15(20)6-3-14/h2-3,5-6,12,16H,4,7-11H2,1H3,(H,21,24). The first-order valence-electron chi connectivity index (χ1n) is 8.77. The van der Waals surface area contributed by atoms with Crippen LogP contribution in [0.2, 0.25) is 5.02 Å². The molecule has 1 N–H and O–H groups in total. The van der Waals surface area contributed by atoms with Gasteiger partial charge in [0.25, 0.3) is 5.91 Å². The second-order valence-electron chi connectivity index (χ2n) is 6.58. The van der Waals surface area contributed by atoms with E-state index in [2.05, 4.69) is 10.5 Å². The third kappa shape index (κ3) is 4.85. The van der Waals surface area contributed by atoms with E-state index in [-0.39, 0.29) is 17.9 Å². The van der Waals surface area contributed by atoms with Crippen molar-refractivity contribution in [1.29, 1.82) is 0 Å². The van der Waals surface area contributed by atoms with E-state index < -0.39 is 0 Å². The van der Waals surface area contributed by atoms with Crippen LogP contribution in [0, 0.1) is 6.92 Å². The maximum absolute atomic E-state index is 12.3. The summed E-state index contributed by atoms with van der Waals surface area (Å²) >= 11 is 5.86. The van der Waals surface area contributed by atoms with Crippen molar-refractivity contribution in [3.63, 3.8) is 0 Å². The molecule has 3 rings (SSSR count). The van der Waals surface area contributed by atoms with Gasteiger partial charge in [-0.3, -0.25) is 9.59 Å². The average molecular weight is 376 g/mol. The summed E-state index contributed by atoms with van der Waals surface area (Å²) in [7, 11) is 0. The van der Waals surface area contributed by atoms with E-state index in [1.807, 2.05) is 24.3 Å². The van der Waals surface area contributed by atoms with Gasteiger partial charge in [-0.1, -0.05) is 28.9 Å². The quantitative estimate of drug-likeness (QED) is 0.871. The van der Waals surface area contributed by atoms with Crippen LogP contribution in [0.3, 0.4) is 0 Å². The first-order chi connectivity index (χ1) is 12.5. The molecule has 1 fully saturated rings. The molecular formula is C19H22ClN3O3. The number of halogens is 1. The Balaban J connectivity index is 1.41. The second kappa shape index (κ2) is 8.36. The third-order valence-electron chi connectivity index (χ3n) is 4.55. The largest absolute Gasteiger partial charge is 0.361 e. The highest BCUT2D eigenvalue weighted by atomic mass is 35.5. The van der Waals surface area contributed by atoms with E-state index in [1.165, 1.54) is 0 Å². The highest BCUT2D eigenvalue weighted by Gasteiger charge is 2.26. The number of aromatic nitrogens is 1. The van der Waals surface area contributed by atoms with Crippen LogP contribution in [0.1, 0.15) is 41.1 Å². The van der Waals surface area contributed by atoms with E-state index in [0.29, 0.717) is 42.4 Å². The molecule has 1 saturated heterocycles. The van der Waals surface area contributed by atoms with Gasteiger partial charge in [-0.15, -0.1) is 0 Å². The normalized spacial score (nSPS) is 15.1. The van der Waals surface area contributed by atoms with Crippen LogP contribution in [0.15, 0.2) is 34.9 Å². The zero-order valence-electron chi connectivity index (χ0n) is 14.7. The molecule has 6 nitrogen and oxygen atoms in total. The van der Waals surface area contributed by atoms with Gasteiger partial charge in [-0.25, -0.2) is 0 Å². The first-order valence-corrected chi connectivity index (χ1v) is 9.15. The summed E-state index contributed by atoms with van der Waals surface area (Å²) < 4.78 is 4.96. The van der Waals surface area contributed by atoms with E-state index in [1.54, 1.807) is 17.9 Å². The van der Waals surface area contributed by atoms with Crippen molar-refractivity contribution in [3.05, 3.63) is 52.4 Å². The van der Waals surface area contributed by atoms with Crippen LogP contribution in [-0.4, -0.2) is 41.0 Å². The van der Waals surface area contributed by atoms with Gasteiger partial charge in [0.05, 0.1) is 0 Å². The van der Waals surface area contributed by atoms with E-state index in [4.69, 9.17) is 16.1 Å². The van der Waals surface area contributed by atoms with Gasteiger partial charge < -0.3 is 14.7 Å². The minimum Gasteiger partial charge on any atom is -0.361 e. The van der Waals surface area contributed by atoms with Crippen molar-refractivity contribution in [3.8, 4) is 0 Å². The number of carbonyl (C=O) groups excluding carboxylic acids is 2. The van der Waals surface area contributed by atoms with Gasteiger partial charge >= 0.3 is 0 Å². The number of nitrogens with one attached hydrogen (secondary N) is 1. The molecule has 2 heterocycles. The fourth-order valence-corrected chi connectivity index (χ4v) is 3.19. The lowest BCUT2D eigenvalue weighted by atomic mass is 10.0. The predicted molar refractivity (Wildman–Crippen MR) is 98.1 cm³/mol. The zero-order chi connectivity index (χ0) is 18.5. The molecule has 0 saturated carbocycles. The molecule has 1 aliphatic heterocycles. The van der Waals surface area contributed by atoms with E-state index in [9.17, 15) is 9.59 Å². The molecule has 7 heteroatoms. The van der Waals surface area contributed by atoms with Crippen LogP contribution >= 0.6 is 11.6 Å². The zero-order valence-corrected chi connectivity index (χ0v) is 15.5. The summed E-state index contributed by atoms with van der Waals surface area (Å²) in [5.41, 5.74) is 1.43. The average Bonchev–Trinajstić information content (AvgIpc) is 3.08. The van der Waals surface area contributed by atoms with Crippen LogP contribution < -0.4 is 5.32 Å². The fraction of sp³-hybridized carbons (Fsp3) is 0.421. The van der Waals surface area contributed by atoms with Crippen LogP contribution in [0.5, 0.6) is 0 Å². The van der Waals surface area contributed by atoms with Gasteiger partial charge in [0.2, 0.25) is 5.91 Å². The summed E-state index contributed by atoms with van der Waals surface area (Å²) in [5.74, 6) is 0.544. The lowest BCUT2D eigenvalue weighted by Gasteiger charge is -2.31. The van der Waals surface area contributed by atoms with Crippen LogP contribution in [0.25, 0.3) is 0 Å². The number of piperidine rings is 1. The topological polar surface area (TPSA) is 75.4 Å². The lowest BCUT2D eigenvalue weighted by molar-refractivity contribution is -0.122. The number of aryl methyl sites for hydroxylation is 2. The maximum atomic E-state index is 12.3. The second-order valence-corrected chi connectivity index (χ2v) is 7.02. The molecule has 0 aliphatic carbocycles. The summed E-state index contributed by atoms with van der Waals surface area (Å²) in [5, 5.41) is 7.53. The summed E-state index contributed by atoms with van der Waals surface area (Å²) in [6.07, 6.45) is 2.62. The number of carbonyl (C=O) groups is 2. The number of amides is 2. The Morgan fingerprint density at radius 2 is 1.96 bits per heavy atom. The number of benzene rings is 1. The van der Waals surface area contributed by atoms with Crippen LogP contribution in [-0.2, 0) is 11.2 Å². The van der Waals surface area contributed by atoms with E-state index in [0.717, 1.165) is 18.4 Å². The molecule has 138 valence electrons.